The lowest BCUT2D eigenvalue weighted by Crippen LogP contribution is -2.39. The Hall–Kier alpha value is -2.84. The predicted octanol–water partition coefficient (Wildman–Crippen LogP) is 3.55. The predicted molar refractivity (Wildman–Crippen MR) is 106 cm³/mol. The standard InChI is InChI=1S/C18H16Cl2N4O4/c19-14-5-2-6-15(20)17(14)22-18-21-7-8-23(18)16(25)10-12-3-1-4-13(9-12)11-28-24(26)27/h1-6,9H,7-8,10-11H2,(H,21,22). The zero-order valence-corrected chi connectivity index (χ0v) is 16.1. The van der Waals surface area contributed by atoms with Gasteiger partial charge >= 0.3 is 0 Å². The maximum atomic E-state index is 12.8. The lowest BCUT2D eigenvalue weighted by Gasteiger charge is -2.20. The third kappa shape index (κ3) is 4.90. The third-order valence-electron chi connectivity index (χ3n) is 4.02. The fourth-order valence-corrected chi connectivity index (χ4v) is 3.24. The van der Waals surface area contributed by atoms with Crippen LogP contribution in [0.3, 0.4) is 0 Å². The van der Waals surface area contributed by atoms with Gasteiger partial charge in [-0.15, -0.1) is 10.1 Å². The van der Waals surface area contributed by atoms with E-state index in [4.69, 9.17) is 23.2 Å². The first-order valence-electron chi connectivity index (χ1n) is 8.35. The van der Waals surface area contributed by atoms with Crippen LogP contribution in [-0.4, -0.2) is 34.9 Å². The van der Waals surface area contributed by atoms with Crippen LogP contribution in [0.1, 0.15) is 11.1 Å². The molecule has 0 spiro atoms. The first-order valence-corrected chi connectivity index (χ1v) is 9.10. The highest BCUT2D eigenvalue weighted by atomic mass is 35.5. The number of aliphatic imine (C=N–C) groups is 1. The number of halogens is 2. The van der Waals surface area contributed by atoms with Gasteiger partial charge in [0.05, 0.1) is 28.7 Å². The van der Waals surface area contributed by atoms with Crippen LogP contribution in [0.4, 0.5) is 5.69 Å². The van der Waals surface area contributed by atoms with E-state index in [1.54, 1.807) is 42.5 Å². The molecule has 1 amide bonds. The van der Waals surface area contributed by atoms with Crippen molar-refractivity contribution in [1.29, 1.82) is 0 Å². The SMILES string of the molecule is O=C(Cc1cccc(CO[N+](=O)[O-])c1)N1CCN=C1Nc1c(Cl)cccc1Cl. The summed E-state index contributed by atoms with van der Waals surface area (Å²) in [7, 11) is 0. The molecule has 0 aliphatic carbocycles. The molecule has 0 atom stereocenters. The number of carbonyl (C=O) groups excluding carboxylic acids is 1. The van der Waals surface area contributed by atoms with Crippen LogP contribution in [-0.2, 0) is 22.7 Å². The highest BCUT2D eigenvalue weighted by molar-refractivity contribution is 6.39. The van der Waals surface area contributed by atoms with E-state index in [1.807, 2.05) is 0 Å². The zero-order valence-electron chi connectivity index (χ0n) is 14.6. The molecule has 0 bridgehead atoms. The van der Waals surface area contributed by atoms with Gasteiger partial charge in [-0.3, -0.25) is 14.7 Å². The summed E-state index contributed by atoms with van der Waals surface area (Å²) in [5.41, 5.74) is 1.82. The number of hydrogen-bond donors (Lipinski definition) is 1. The van der Waals surface area contributed by atoms with E-state index in [-0.39, 0.29) is 18.9 Å². The smallest absolute Gasteiger partial charge is 0.294 e. The molecule has 0 saturated carbocycles. The molecule has 1 heterocycles. The van der Waals surface area contributed by atoms with Gasteiger partial charge in [0, 0.05) is 6.54 Å². The second-order valence-corrected chi connectivity index (χ2v) is 6.78. The molecule has 1 aliphatic rings. The normalized spacial score (nSPS) is 13.2. The van der Waals surface area contributed by atoms with E-state index in [2.05, 4.69) is 15.1 Å². The molecule has 2 aromatic rings. The molecule has 0 radical (unpaired) electrons. The quantitative estimate of drug-likeness (QED) is 0.566. The fraction of sp³-hybridized carbons (Fsp3) is 0.222. The van der Waals surface area contributed by atoms with Crippen LogP contribution < -0.4 is 5.32 Å². The first-order chi connectivity index (χ1) is 13.4. The van der Waals surface area contributed by atoms with E-state index in [9.17, 15) is 14.9 Å². The van der Waals surface area contributed by atoms with Gasteiger partial charge in [-0.2, -0.15) is 0 Å². The van der Waals surface area contributed by atoms with Crippen molar-refractivity contribution in [2.45, 2.75) is 13.0 Å². The van der Waals surface area contributed by atoms with Crippen molar-refractivity contribution < 1.29 is 14.7 Å². The van der Waals surface area contributed by atoms with Crippen molar-refractivity contribution in [2.24, 2.45) is 4.99 Å². The molecular formula is C18H16Cl2N4O4. The molecule has 1 aliphatic heterocycles. The molecule has 28 heavy (non-hydrogen) atoms. The number of benzene rings is 2. The van der Waals surface area contributed by atoms with Crippen molar-refractivity contribution in [1.82, 2.24) is 4.90 Å². The number of nitrogens with one attached hydrogen (secondary N) is 1. The van der Waals surface area contributed by atoms with E-state index in [1.165, 1.54) is 4.90 Å². The number of para-hydroxylation sites is 1. The largest absolute Gasteiger partial charge is 0.323 e. The average molecular weight is 423 g/mol. The van der Waals surface area contributed by atoms with Gasteiger partial charge < -0.3 is 10.2 Å². The molecule has 2 aromatic carbocycles. The summed E-state index contributed by atoms with van der Waals surface area (Å²) in [6.45, 7) is 0.734. The van der Waals surface area contributed by atoms with Crippen molar-refractivity contribution in [3.05, 3.63) is 73.8 Å². The summed E-state index contributed by atoms with van der Waals surface area (Å²) in [5.74, 6) is 0.215. The van der Waals surface area contributed by atoms with Gasteiger partial charge in [0.2, 0.25) is 11.9 Å². The van der Waals surface area contributed by atoms with Gasteiger partial charge in [-0.05, 0) is 23.3 Å². The summed E-state index contributed by atoms with van der Waals surface area (Å²) in [6, 6.07) is 12.0. The Morgan fingerprint density at radius 3 is 2.61 bits per heavy atom. The molecule has 0 fully saturated rings. The van der Waals surface area contributed by atoms with Crippen LogP contribution in [0.5, 0.6) is 0 Å². The fourth-order valence-electron chi connectivity index (χ4n) is 2.75. The Balaban J connectivity index is 1.68. The lowest BCUT2D eigenvalue weighted by atomic mass is 10.1. The minimum absolute atomic E-state index is 0.114. The molecule has 146 valence electrons. The van der Waals surface area contributed by atoms with Gasteiger partial charge in [0.15, 0.2) is 0 Å². The molecule has 8 nitrogen and oxygen atoms in total. The second-order valence-electron chi connectivity index (χ2n) is 5.97. The van der Waals surface area contributed by atoms with Crippen molar-refractivity contribution in [3.63, 3.8) is 0 Å². The lowest BCUT2D eigenvalue weighted by molar-refractivity contribution is -0.763. The Bertz CT molecular complexity index is 915. The number of amides is 1. The summed E-state index contributed by atoms with van der Waals surface area (Å²) in [5, 5.41) is 13.4. The van der Waals surface area contributed by atoms with Crippen molar-refractivity contribution >= 4 is 40.8 Å². The number of rotatable bonds is 6. The molecular weight excluding hydrogens is 407 g/mol. The van der Waals surface area contributed by atoms with Crippen LogP contribution in [0, 0.1) is 10.1 Å². The maximum Gasteiger partial charge on any atom is 0.294 e. The number of carbonyl (C=O) groups is 1. The molecule has 0 unspecified atom stereocenters. The van der Waals surface area contributed by atoms with Crippen LogP contribution >= 0.6 is 23.2 Å². The Morgan fingerprint density at radius 1 is 1.21 bits per heavy atom. The van der Waals surface area contributed by atoms with Crippen LogP contribution in [0.25, 0.3) is 0 Å². The van der Waals surface area contributed by atoms with Crippen LogP contribution in [0.2, 0.25) is 10.0 Å². The van der Waals surface area contributed by atoms with Gasteiger partial charge in [0.25, 0.3) is 5.09 Å². The minimum atomic E-state index is -0.851. The monoisotopic (exact) mass is 422 g/mol. The second kappa shape index (κ2) is 8.90. The van der Waals surface area contributed by atoms with E-state index in [0.29, 0.717) is 40.3 Å². The molecule has 3 rings (SSSR count). The average Bonchev–Trinajstić information content (AvgIpc) is 3.12. The Labute approximate surface area is 170 Å². The topological polar surface area (TPSA) is 97.1 Å². The number of nitrogens with zero attached hydrogens (tertiary/aromatic N) is 3. The molecule has 1 N–H and O–H groups in total. The van der Waals surface area contributed by atoms with Crippen molar-refractivity contribution in [3.8, 4) is 0 Å². The van der Waals surface area contributed by atoms with Crippen LogP contribution in [0.15, 0.2) is 47.5 Å². The summed E-state index contributed by atoms with van der Waals surface area (Å²) in [6.07, 6.45) is 0.114. The Morgan fingerprint density at radius 2 is 1.89 bits per heavy atom. The van der Waals surface area contributed by atoms with E-state index >= 15 is 0 Å². The maximum absolute atomic E-state index is 12.8. The first kappa shape index (κ1) is 19.9. The number of guanidine groups is 1. The molecule has 0 aromatic heterocycles. The third-order valence-corrected chi connectivity index (χ3v) is 4.65. The highest BCUT2D eigenvalue weighted by Crippen LogP contribution is 2.30. The highest BCUT2D eigenvalue weighted by Gasteiger charge is 2.25. The zero-order chi connectivity index (χ0) is 20.1. The molecule has 10 heteroatoms. The molecule has 0 saturated heterocycles. The summed E-state index contributed by atoms with van der Waals surface area (Å²) in [4.78, 5) is 33.3. The van der Waals surface area contributed by atoms with Gasteiger partial charge in [-0.1, -0.05) is 53.5 Å². The van der Waals surface area contributed by atoms with Crippen molar-refractivity contribution in [2.75, 3.05) is 18.4 Å². The summed E-state index contributed by atoms with van der Waals surface area (Å²) < 4.78 is 0. The Kier molecular flexibility index (Phi) is 6.33. The van der Waals surface area contributed by atoms with E-state index in [0.717, 1.165) is 5.56 Å². The number of anilines is 1. The van der Waals surface area contributed by atoms with Gasteiger partial charge in [0.1, 0.15) is 6.61 Å². The summed E-state index contributed by atoms with van der Waals surface area (Å²) >= 11 is 12.3. The minimum Gasteiger partial charge on any atom is -0.323 e. The van der Waals surface area contributed by atoms with Gasteiger partial charge in [-0.25, -0.2) is 0 Å². The van der Waals surface area contributed by atoms with E-state index < -0.39 is 5.09 Å². The number of hydrogen-bond acceptors (Lipinski definition) is 6.